The highest BCUT2D eigenvalue weighted by molar-refractivity contribution is 7.99. The van der Waals surface area contributed by atoms with Crippen molar-refractivity contribution in [1.29, 1.82) is 0 Å². The van der Waals surface area contributed by atoms with Crippen molar-refractivity contribution in [3.05, 3.63) is 28.3 Å². The fourth-order valence-corrected chi connectivity index (χ4v) is 3.11. The Kier molecular flexibility index (Phi) is 11.0. The van der Waals surface area contributed by atoms with Crippen molar-refractivity contribution in [1.82, 2.24) is 15.5 Å². The van der Waals surface area contributed by atoms with Gasteiger partial charge < -0.3 is 15.0 Å². The lowest BCUT2D eigenvalue weighted by molar-refractivity contribution is -0.384. The summed E-state index contributed by atoms with van der Waals surface area (Å²) < 4.78 is 4.62. The molecule has 1 aromatic carbocycles. The molecule has 0 aromatic heterocycles. The van der Waals surface area contributed by atoms with Gasteiger partial charge in [0.1, 0.15) is 5.69 Å². The zero-order valence-corrected chi connectivity index (χ0v) is 17.7. The van der Waals surface area contributed by atoms with Crippen LogP contribution in [0.2, 0.25) is 0 Å². The van der Waals surface area contributed by atoms with E-state index in [0.717, 1.165) is 36.7 Å². The van der Waals surface area contributed by atoms with Crippen LogP contribution in [0.25, 0.3) is 0 Å². The molecule has 0 aliphatic rings. The molecule has 0 atom stereocenters. The summed E-state index contributed by atoms with van der Waals surface area (Å²) in [4.78, 5) is 29.9. The van der Waals surface area contributed by atoms with Gasteiger partial charge in [0.05, 0.1) is 12.0 Å². The number of thioether (sulfide) groups is 1. The summed E-state index contributed by atoms with van der Waals surface area (Å²) in [6, 6.07) is 4.80. The molecule has 28 heavy (non-hydrogen) atoms. The summed E-state index contributed by atoms with van der Waals surface area (Å²) in [6.45, 7) is 9.25. The molecule has 0 aliphatic heterocycles. The van der Waals surface area contributed by atoms with Crippen LogP contribution in [0.3, 0.4) is 0 Å². The number of alkyl carbamates (subject to hydrolysis) is 1. The van der Waals surface area contributed by atoms with E-state index in [-0.39, 0.29) is 17.3 Å². The molecule has 9 nitrogen and oxygen atoms in total. The summed E-state index contributed by atoms with van der Waals surface area (Å²) in [5.41, 5.74) is 0.0448. The number of nitrogens with one attached hydrogen (secondary N) is 2. The van der Waals surface area contributed by atoms with Gasteiger partial charge in [0, 0.05) is 24.1 Å². The topological polar surface area (TPSA) is 109 Å². The number of carbonyl (C=O) groups is 1. The molecular weight excluding hydrogens is 382 g/mol. The van der Waals surface area contributed by atoms with Crippen LogP contribution < -0.4 is 10.6 Å². The molecule has 0 heterocycles. The van der Waals surface area contributed by atoms with Crippen LogP contribution in [0.4, 0.5) is 16.2 Å². The van der Waals surface area contributed by atoms with E-state index in [9.17, 15) is 14.9 Å². The third-order valence-electron chi connectivity index (χ3n) is 3.87. The Morgan fingerprint density at radius 3 is 2.61 bits per heavy atom. The summed E-state index contributed by atoms with van der Waals surface area (Å²) in [5, 5.41) is 16.9. The second-order valence-corrected chi connectivity index (χ2v) is 6.96. The molecule has 1 rings (SSSR count). The maximum Gasteiger partial charge on any atom is 0.413 e. The SMILES string of the molecule is CCCSc1ccc([N+](=O)[O-])c(/N=C(/NCCN(CC)CC)NC(=O)OC)c1. The summed E-state index contributed by atoms with van der Waals surface area (Å²) in [7, 11) is 1.24. The normalized spacial score (nSPS) is 11.4. The Labute approximate surface area is 170 Å². The van der Waals surface area contributed by atoms with Crippen LogP contribution >= 0.6 is 11.8 Å². The zero-order chi connectivity index (χ0) is 20.9. The highest BCUT2D eigenvalue weighted by atomic mass is 32.2. The minimum atomic E-state index is -0.701. The number of nitro groups is 1. The first kappa shape index (κ1) is 23.7. The third-order valence-corrected chi connectivity index (χ3v) is 5.07. The van der Waals surface area contributed by atoms with Gasteiger partial charge in [0.25, 0.3) is 5.69 Å². The van der Waals surface area contributed by atoms with Crippen LogP contribution in [0.1, 0.15) is 27.2 Å². The Morgan fingerprint density at radius 1 is 1.32 bits per heavy atom. The molecule has 10 heteroatoms. The first-order chi connectivity index (χ1) is 13.4. The number of guanidine groups is 1. The van der Waals surface area contributed by atoms with Crippen molar-refractivity contribution in [3.8, 4) is 0 Å². The van der Waals surface area contributed by atoms with E-state index in [0.29, 0.717) is 6.54 Å². The number of hydrogen-bond acceptors (Lipinski definition) is 7. The molecule has 156 valence electrons. The van der Waals surface area contributed by atoms with Gasteiger partial charge in [-0.15, -0.1) is 11.8 Å². The number of nitro benzene ring substituents is 1. The van der Waals surface area contributed by atoms with Crippen molar-refractivity contribution in [2.24, 2.45) is 4.99 Å². The van der Waals surface area contributed by atoms with Gasteiger partial charge in [0.15, 0.2) is 0 Å². The zero-order valence-electron chi connectivity index (χ0n) is 16.9. The monoisotopic (exact) mass is 411 g/mol. The van der Waals surface area contributed by atoms with Crippen LogP contribution in [0.5, 0.6) is 0 Å². The van der Waals surface area contributed by atoms with Crippen LogP contribution in [-0.4, -0.2) is 60.9 Å². The third kappa shape index (κ3) is 8.13. The second-order valence-electron chi connectivity index (χ2n) is 5.79. The average Bonchev–Trinajstić information content (AvgIpc) is 2.69. The van der Waals surface area contributed by atoms with Gasteiger partial charge in [-0.05, 0) is 37.4 Å². The van der Waals surface area contributed by atoms with Crippen LogP contribution in [0.15, 0.2) is 28.1 Å². The number of nitrogens with zero attached hydrogens (tertiary/aromatic N) is 3. The Hall–Kier alpha value is -2.33. The molecule has 0 radical (unpaired) electrons. The molecule has 0 spiro atoms. The maximum absolute atomic E-state index is 11.6. The number of hydrogen-bond donors (Lipinski definition) is 2. The Morgan fingerprint density at radius 2 is 2.04 bits per heavy atom. The number of amides is 1. The van der Waals surface area contributed by atoms with Crippen molar-refractivity contribution in [2.45, 2.75) is 32.1 Å². The number of benzene rings is 1. The lowest BCUT2D eigenvalue weighted by Gasteiger charge is -2.19. The molecular formula is C18H29N5O4S. The number of ether oxygens (including phenoxy) is 1. The van der Waals surface area contributed by atoms with Gasteiger partial charge in [-0.3, -0.25) is 15.4 Å². The highest BCUT2D eigenvalue weighted by Crippen LogP contribution is 2.32. The minimum Gasteiger partial charge on any atom is -0.453 e. The van der Waals surface area contributed by atoms with Crippen LogP contribution in [0, 0.1) is 10.1 Å². The lowest BCUT2D eigenvalue weighted by Crippen LogP contribution is -2.43. The second kappa shape index (κ2) is 12.9. The fraction of sp³-hybridized carbons (Fsp3) is 0.556. The summed E-state index contributed by atoms with van der Waals surface area (Å²) in [5.74, 6) is 1.01. The van der Waals surface area contributed by atoms with E-state index in [1.807, 2.05) is 0 Å². The van der Waals surface area contributed by atoms with Crippen molar-refractivity contribution >= 4 is 35.2 Å². The largest absolute Gasteiger partial charge is 0.453 e. The van der Waals surface area contributed by atoms with E-state index in [2.05, 4.69) is 46.0 Å². The van der Waals surface area contributed by atoms with Gasteiger partial charge >= 0.3 is 6.09 Å². The van der Waals surface area contributed by atoms with E-state index in [1.165, 1.54) is 13.2 Å². The summed E-state index contributed by atoms with van der Waals surface area (Å²) in [6.07, 6.45) is 0.288. The minimum absolute atomic E-state index is 0.111. The molecule has 0 bridgehead atoms. The molecule has 0 unspecified atom stereocenters. The predicted molar refractivity (Wildman–Crippen MR) is 113 cm³/mol. The fourth-order valence-electron chi connectivity index (χ4n) is 2.31. The number of methoxy groups -OCH3 is 1. The molecule has 0 fully saturated rings. The van der Waals surface area contributed by atoms with Crippen LogP contribution in [-0.2, 0) is 4.74 Å². The number of aliphatic imine (C=N–C) groups is 1. The first-order valence-corrected chi connectivity index (χ1v) is 10.2. The first-order valence-electron chi connectivity index (χ1n) is 9.26. The van der Waals surface area contributed by atoms with Crippen molar-refractivity contribution in [3.63, 3.8) is 0 Å². The van der Waals surface area contributed by atoms with E-state index in [4.69, 9.17) is 0 Å². The van der Waals surface area contributed by atoms with Gasteiger partial charge in [0.2, 0.25) is 5.96 Å². The van der Waals surface area contributed by atoms with Crippen molar-refractivity contribution < 1.29 is 14.5 Å². The summed E-state index contributed by atoms with van der Waals surface area (Å²) >= 11 is 1.60. The van der Waals surface area contributed by atoms with E-state index >= 15 is 0 Å². The number of carbonyl (C=O) groups excluding carboxylic acids is 1. The number of rotatable bonds is 10. The molecule has 2 N–H and O–H groups in total. The van der Waals surface area contributed by atoms with Gasteiger partial charge in [-0.1, -0.05) is 20.8 Å². The Balaban J connectivity index is 3.11. The predicted octanol–water partition coefficient (Wildman–Crippen LogP) is 3.37. The standard InChI is InChI=1S/C18H29N5O4S/c1-5-12-28-14-8-9-16(23(25)26)15(13-14)20-17(21-18(24)27-4)19-10-11-22(6-2)7-3/h8-9,13H,5-7,10-12H2,1-4H3,(H2,19,20,21,24). The number of likely N-dealkylation sites (N-methyl/N-ethyl adjacent to an activating group) is 1. The average molecular weight is 412 g/mol. The van der Waals surface area contributed by atoms with Gasteiger partial charge in [-0.2, -0.15) is 0 Å². The molecule has 1 aromatic rings. The van der Waals surface area contributed by atoms with Crippen molar-refractivity contribution in [2.75, 3.05) is 39.0 Å². The quantitative estimate of drug-likeness (QED) is 0.200. The molecule has 1 amide bonds. The van der Waals surface area contributed by atoms with E-state index in [1.54, 1.807) is 23.9 Å². The van der Waals surface area contributed by atoms with Gasteiger partial charge in [-0.25, -0.2) is 9.79 Å². The smallest absolute Gasteiger partial charge is 0.413 e. The highest BCUT2D eigenvalue weighted by Gasteiger charge is 2.16. The molecule has 0 aliphatic carbocycles. The van der Waals surface area contributed by atoms with E-state index < -0.39 is 11.0 Å². The lowest BCUT2D eigenvalue weighted by atomic mass is 10.3. The Bertz CT molecular complexity index is 680. The maximum atomic E-state index is 11.6. The molecule has 0 saturated carbocycles. The molecule has 0 saturated heterocycles.